The van der Waals surface area contributed by atoms with Crippen molar-refractivity contribution in [2.75, 3.05) is 11.9 Å². The Hall–Kier alpha value is -2.24. The van der Waals surface area contributed by atoms with Crippen LogP contribution in [-0.2, 0) is 16.0 Å². The normalized spacial score (nSPS) is 17.5. The van der Waals surface area contributed by atoms with Crippen molar-refractivity contribution < 1.29 is 14.3 Å². The Morgan fingerprint density at radius 2 is 2.08 bits per heavy atom. The van der Waals surface area contributed by atoms with Crippen LogP contribution < -0.4 is 16.0 Å². The molecule has 2 amide bonds. The molecule has 1 aromatic carbocycles. The summed E-state index contributed by atoms with van der Waals surface area (Å²) in [4.78, 5) is 24.0. The molecule has 0 bridgehead atoms. The highest BCUT2D eigenvalue weighted by molar-refractivity contribution is 5.88. The number of hydrogen-bond donors (Lipinski definition) is 3. The Morgan fingerprint density at radius 1 is 1.38 bits per heavy atom. The van der Waals surface area contributed by atoms with E-state index in [2.05, 4.69) is 16.0 Å². The number of carbonyl (C=O) groups is 2. The zero-order valence-corrected chi connectivity index (χ0v) is 15.0. The number of rotatable bonds is 4. The van der Waals surface area contributed by atoms with E-state index in [9.17, 15) is 9.59 Å². The van der Waals surface area contributed by atoms with Gasteiger partial charge in [0, 0.05) is 24.7 Å². The molecule has 2 rings (SSSR count). The summed E-state index contributed by atoms with van der Waals surface area (Å²) in [7, 11) is 0. The smallest absolute Gasteiger partial charge is 0.407 e. The molecule has 0 saturated heterocycles. The monoisotopic (exact) mass is 333 g/mol. The van der Waals surface area contributed by atoms with Crippen molar-refractivity contribution >= 4 is 17.7 Å². The van der Waals surface area contributed by atoms with Gasteiger partial charge in [0.25, 0.3) is 0 Å². The summed E-state index contributed by atoms with van der Waals surface area (Å²) in [5, 5.41) is 8.87. The van der Waals surface area contributed by atoms with E-state index in [0.717, 1.165) is 16.8 Å². The van der Waals surface area contributed by atoms with Gasteiger partial charge in [-0.05, 0) is 45.7 Å². The number of carbonyl (C=O) groups excluding carboxylic acids is 2. The lowest BCUT2D eigenvalue weighted by molar-refractivity contribution is -0.122. The zero-order valence-electron chi connectivity index (χ0n) is 15.0. The molecule has 0 fully saturated rings. The van der Waals surface area contributed by atoms with Crippen LogP contribution in [0.2, 0.25) is 0 Å². The first-order valence-electron chi connectivity index (χ1n) is 8.28. The molecule has 1 heterocycles. The lowest BCUT2D eigenvalue weighted by atomic mass is 10.1. The molecule has 6 heteroatoms. The SMILES string of the molecule is Cc1cccc2c1NC(C(=O)NC(C)CNC(=O)OC(C)(C)C)C2. The number of amides is 2. The fraction of sp³-hybridized carbons (Fsp3) is 0.556. The Kier molecular flexibility index (Phi) is 5.36. The minimum absolute atomic E-state index is 0.0657. The van der Waals surface area contributed by atoms with E-state index in [1.807, 2.05) is 52.8 Å². The second-order valence-corrected chi connectivity index (χ2v) is 7.30. The minimum Gasteiger partial charge on any atom is -0.444 e. The van der Waals surface area contributed by atoms with Crippen LogP contribution in [0.1, 0.15) is 38.8 Å². The molecule has 132 valence electrons. The fourth-order valence-electron chi connectivity index (χ4n) is 2.65. The number of nitrogens with one attached hydrogen (secondary N) is 3. The third-order valence-corrected chi connectivity index (χ3v) is 3.76. The van der Waals surface area contributed by atoms with Crippen molar-refractivity contribution in [2.24, 2.45) is 0 Å². The number of benzene rings is 1. The summed E-state index contributed by atoms with van der Waals surface area (Å²) >= 11 is 0. The maximum absolute atomic E-state index is 12.4. The Balaban J connectivity index is 1.79. The molecule has 0 radical (unpaired) electrons. The van der Waals surface area contributed by atoms with E-state index >= 15 is 0 Å². The number of para-hydroxylation sites is 1. The minimum atomic E-state index is -0.534. The molecule has 1 aromatic rings. The van der Waals surface area contributed by atoms with Crippen molar-refractivity contribution in [2.45, 2.75) is 58.7 Å². The highest BCUT2D eigenvalue weighted by atomic mass is 16.6. The highest BCUT2D eigenvalue weighted by Gasteiger charge is 2.28. The van der Waals surface area contributed by atoms with E-state index < -0.39 is 11.7 Å². The largest absolute Gasteiger partial charge is 0.444 e. The van der Waals surface area contributed by atoms with Crippen molar-refractivity contribution in [3.05, 3.63) is 29.3 Å². The average Bonchev–Trinajstić information content (AvgIpc) is 2.89. The fourth-order valence-corrected chi connectivity index (χ4v) is 2.65. The van der Waals surface area contributed by atoms with E-state index in [-0.39, 0.29) is 18.0 Å². The molecule has 3 N–H and O–H groups in total. The predicted molar refractivity (Wildman–Crippen MR) is 94.1 cm³/mol. The van der Waals surface area contributed by atoms with Crippen LogP contribution >= 0.6 is 0 Å². The Bertz CT molecular complexity index is 622. The standard InChI is InChI=1S/C18H27N3O3/c1-11-7-6-8-13-9-14(21-15(11)13)16(22)20-12(2)10-19-17(23)24-18(3,4)5/h6-8,12,14,21H,9-10H2,1-5H3,(H,19,23)(H,20,22). The maximum atomic E-state index is 12.4. The van der Waals surface area contributed by atoms with Gasteiger partial charge in [0.1, 0.15) is 11.6 Å². The van der Waals surface area contributed by atoms with Gasteiger partial charge in [0.2, 0.25) is 5.91 Å². The van der Waals surface area contributed by atoms with Gasteiger partial charge in [0.05, 0.1) is 0 Å². The number of anilines is 1. The summed E-state index contributed by atoms with van der Waals surface area (Å²) < 4.78 is 5.17. The number of fused-ring (bicyclic) bond motifs is 1. The van der Waals surface area contributed by atoms with E-state index in [1.165, 1.54) is 0 Å². The Labute approximate surface area is 143 Å². The molecule has 0 aliphatic carbocycles. The van der Waals surface area contributed by atoms with Crippen molar-refractivity contribution in [3.63, 3.8) is 0 Å². The zero-order chi connectivity index (χ0) is 17.9. The third kappa shape index (κ3) is 4.88. The van der Waals surface area contributed by atoms with Gasteiger partial charge >= 0.3 is 6.09 Å². The van der Waals surface area contributed by atoms with Crippen LogP contribution in [-0.4, -0.2) is 36.2 Å². The second kappa shape index (κ2) is 7.11. The number of ether oxygens (including phenoxy) is 1. The topological polar surface area (TPSA) is 79.5 Å². The van der Waals surface area contributed by atoms with Crippen molar-refractivity contribution in [3.8, 4) is 0 Å². The summed E-state index contributed by atoms with van der Waals surface area (Å²) in [6.07, 6.45) is 0.195. The van der Waals surface area contributed by atoms with Crippen LogP contribution in [0, 0.1) is 6.92 Å². The Morgan fingerprint density at radius 3 is 2.71 bits per heavy atom. The van der Waals surface area contributed by atoms with Crippen molar-refractivity contribution in [1.29, 1.82) is 0 Å². The molecule has 2 unspecified atom stereocenters. The van der Waals surface area contributed by atoms with Gasteiger partial charge in [-0.25, -0.2) is 4.79 Å². The molecule has 1 aliphatic rings. The van der Waals surface area contributed by atoms with Crippen LogP contribution in [0.15, 0.2) is 18.2 Å². The third-order valence-electron chi connectivity index (χ3n) is 3.76. The summed E-state index contributed by atoms with van der Waals surface area (Å²) in [6, 6.07) is 5.61. The molecule has 0 saturated carbocycles. The lowest BCUT2D eigenvalue weighted by Crippen LogP contribution is -2.47. The number of aryl methyl sites for hydroxylation is 1. The summed E-state index contributed by atoms with van der Waals surface area (Å²) in [5.41, 5.74) is 2.82. The molecular formula is C18H27N3O3. The van der Waals surface area contributed by atoms with Crippen LogP contribution in [0.25, 0.3) is 0 Å². The molecule has 1 aliphatic heterocycles. The van der Waals surface area contributed by atoms with Gasteiger partial charge in [-0.3, -0.25) is 4.79 Å². The molecule has 2 atom stereocenters. The maximum Gasteiger partial charge on any atom is 0.407 e. The van der Waals surface area contributed by atoms with E-state index in [1.54, 1.807) is 0 Å². The molecule has 24 heavy (non-hydrogen) atoms. The van der Waals surface area contributed by atoms with Crippen LogP contribution in [0.3, 0.4) is 0 Å². The average molecular weight is 333 g/mol. The second-order valence-electron chi connectivity index (χ2n) is 7.30. The highest BCUT2D eigenvalue weighted by Crippen LogP contribution is 2.28. The predicted octanol–water partition coefficient (Wildman–Crippen LogP) is 2.36. The van der Waals surface area contributed by atoms with Crippen LogP contribution in [0.5, 0.6) is 0 Å². The molecule has 0 spiro atoms. The summed E-state index contributed by atoms with van der Waals surface area (Å²) in [5.74, 6) is -0.0657. The van der Waals surface area contributed by atoms with Crippen molar-refractivity contribution in [1.82, 2.24) is 10.6 Å². The molecular weight excluding hydrogens is 306 g/mol. The van der Waals surface area contributed by atoms with Crippen LogP contribution in [0.4, 0.5) is 10.5 Å². The van der Waals surface area contributed by atoms with E-state index in [0.29, 0.717) is 13.0 Å². The van der Waals surface area contributed by atoms with Gasteiger partial charge in [0.15, 0.2) is 0 Å². The van der Waals surface area contributed by atoms with Gasteiger partial charge in [-0.1, -0.05) is 18.2 Å². The van der Waals surface area contributed by atoms with Gasteiger partial charge in [-0.2, -0.15) is 0 Å². The number of alkyl carbamates (subject to hydrolysis) is 1. The van der Waals surface area contributed by atoms with E-state index in [4.69, 9.17) is 4.74 Å². The molecule has 0 aromatic heterocycles. The molecule has 6 nitrogen and oxygen atoms in total. The first kappa shape index (κ1) is 18.1. The van der Waals surface area contributed by atoms with Gasteiger partial charge in [-0.15, -0.1) is 0 Å². The first-order valence-corrected chi connectivity index (χ1v) is 8.28. The van der Waals surface area contributed by atoms with Gasteiger partial charge < -0.3 is 20.7 Å². The number of hydrogen-bond acceptors (Lipinski definition) is 4. The quantitative estimate of drug-likeness (QED) is 0.790. The summed E-state index contributed by atoms with van der Waals surface area (Å²) in [6.45, 7) is 9.62. The lowest BCUT2D eigenvalue weighted by Gasteiger charge is -2.22. The first-order chi connectivity index (χ1) is 11.2.